The first-order chi connectivity index (χ1) is 12.0. The monoisotopic (exact) mass is 343 g/mol. The van der Waals surface area contributed by atoms with Crippen LogP contribution in [0.2, 0.25) is 0 Å². The van der Waals surface area contributed by atoms with Gasteiger partial charge in [-0.3, -0.25) is 9.48 Å². The second-order valence-corrected chi connectivity index (χ2v) is 7.30. The van der Waals surface area contributed by atoms with Gasteiger partial charge in [-0.05, 0) is 31.2 Å². The molecule has 0 spiro atoms. The molecular formula is C19H22FN3O2. The smallest absolute Gasteiger partial charge is 0.272 e. The number of benzene rings is 1. The lowest BCUT2D eigenvalue weighted by Crippen LogP contribution is -2.48. The molecule has 1 aromatic heterocycles. The maximum atomic E-state index is 13.6. The number of fused-ring (bicyclic) bond motifs is 1. The highest BCUT2D eigenvalue weighted by atomic mass is 19.1. The van der Waals surface area contributed by atoms with E-state index >= 15 is 0 Å². The molecule has 2 aromatic rings. The summed E-state index contributed by atoms with van der Waals surface area (Å²) in [5, 5.41) is 4.37. The number of ether oxygens (including phenoxy) is 1. The predicted octanol–water partition coefficient (Wildman–Crippen LogP) is 3.06. The highest BCUT2D eigenvalue weighted by molar-refractivity contribution is 5.93. The fourth-order valence-electron chi connectivity index (χ4n) is 3.78. The van der Waals surface area contributed by atoms with E-state index in [0.29, 0.717) is 50.7 Å². The largest absolute Gasteiger partial charge is 0.472 e. The third-order valence-electron chi connectivity index (χ3n) is 4.98. The molecule has 5 nitrogen and oxygen atoms in total. The molecule has 1 saturated carbocycles. The molecule has 1 aliphatic heterocycles. The van der Waals surface area contributed by atoms with Gasteiger partial charge in [0.25, 0.3) is 5.91 Å². The Morgan fingerprint density at radius 2 is 2.04 bits per heavy atom. The number of hydrogen-bond acceptors (Lipinski definition) is 3. The summed E-state index contributed by atoms with van der Waals surface area (Å²) in [5.41, 5.74) is 0.557. The van der Waals surface area contributed by atoms with Gasteiger partial charge in [0.05, 0.1) is 6.54 Å². The van der Waals surface area contributed by atoms with Crippen LogP contribution in [0.3, 0.4) is 0 Å². The number of amides is 1. The van der Waals surface area contributed by atoms with Crippen molar-refractivity contribution in [2.75, 3.05) is 13.1 Å². The summed E-state index contributed by atoms with van der Waals surface area (Å²) in [7, 11) is 0. The second-order valence-electron chi connectivity index (χ2n) is 7.30. The van der Waals surface area contributed by atoms with Gasteiger partial charge >= 0.3 is 0 Å². The molecule has 2 heterocycles. The molecule has 0 N–H and O–H groups in total. The summed E-state index contributed by atoms with van der Waals surface area (Å²) in [6.45, 7) is 3.95. The van der Waals surface area contributed by atoms with Gasteiger partial charge in [-0.15, -0.1) is 5.10 Å². The molecule has 0 radical (unpaired) electrons. The number of carbonyl (C=O) groups is 1. The second kappa shape index (κ2) is 6.17. The number of rotatable bonds is 5. The Kier molecular flexibility index (Phi) is 3.98. The van der Waals surface area contributed by atoms with Crippen molar-refractivity contribution < 1.29 is 13.9 Å². The zero-order chi connectivity index (χ0) is 17.4. The maximum Gasteiger partial charge on any atom is 0.272 e. The Bertz CT molecular complexity index is 764. The van der Waals surface area contributed by atoms with Gasteiger partial charge in [-0.2, -0.15) is 0 Å². The van der Waals surface area contributed by atoms with Crippen LogP contribution in [0.4, 0.5) is 4.39 Å². The first-order valence-electron chi connectivity index (χ1n) is 8.73. The van der Waals surface area contributed by atoms with E-state index in [-0.39, 0.29) is 11.8 Å². The summed E-state index contributed by atoms with van der Waals surface area (Å²) in [6.07, 6.45) is 1.09. The fourth-order valence-corrected chi connectivity index (χ4v) is 3.78. The third-order valence-corrected chi connectivity index (χ3v) is 4.98. The molecule has 6 heteroatoms. The Hall–Kier alpha value is -2.37. The average Bonchev–Trinajstić information content (AvgIpc) is 2.99. The van der Waals surface area contributed by atoms with E-state index in [4.69, 9.17) is 4.74 Å². The molecule has 0 saturated heterocycles. The Morgan fingerprint density at radius 3 is 2.76 bits per heavy atom. The van der Waals surface area contributed by atoms with E-state index in [2.05, 4.69) is 5.10 Å². The number of hydrogen-bond donors (Lipinski definition) is 0. The van der Waals surface area contributed by atoms with Crippen LogP contribution >= 0.6 is 0 Å². The first-order valence-corrected chi connectivity index (χ1v) is 8.73. The van der Waals surface area contributed by atoms with Crippen molar-refractivity contribution in [3.63, 3.8) is 0 Å². The molecular weight excluding hydrogens is 321 g/mol. The normalized spacial score (nSPS) is 25.4. The van der Waals surface area contributed by atoms with Crippen LogP contribution in [0.1, 0.15) is 35.8 Å². The highest BCUT2D eigenvalue weighted by Gasteiger charge is 2.42. The van der Waals surface area contributed by atoms with Crippen molar-refractivity contribution in [3.8, 4) is 5.88 Å². The van der Waals surface area contributed by atoms with Crippen LogP contribution in [0, 0.1) is 5.92 Å². The number of aromatic nitrogens is 2. The van der Waals surface area contributed by atoms with E-state index in [1.807, 2.05) is 35.2 Å². The molecule has 0 bridgehead atoms. The van der Waals surface area contributed by atoms with Gasteiger partial charge in [0.2, 0.25) is 5.88 Å². The Morgan fingerprint density at radius 1 is 1.28 bits per heavy atom. The number of nitrogens with zero attached hydrogens (tertiary/aromatic N) is 3. The maximum absolute atomic E-state index is 13.6. The zero-order valence-electron chi connectivity index (χ0n) is 14.3. The summed E-state index contributed by atoms with van der Waals surface area (Å²) in [6, 6.07) is 11.6. The topological polar surface area (TPSA) is 47.4 Å². The minimum absolute atomic E-state index is 0.0410. The molecule has 0 unspecified atom stereocenters. The van der Waals surface area contributed by atoms with Crippen molar-refractivity contribution in [2.24, 2.45) is 5.92 Å². The van der Waals surface area contributed by atoms with Gasteiger partial charge < -0.3 is 9.64 Å². The van der Waals surface area contributed by atoms with E-state index < -0.39 is 5.67 Å². The summed E-state index contributed by atoms with van der Waals surface area (Å²) < 4.78 is 21.1. The van der Waals surface area contributed by atoms with Gasteiger partial charge in [0, 0.05) is 19.2 Å². The number of halogens is 1. The highest BCUT2D eigenvalue weighted by Crippen LogP contribution is 2.41. The van der Waals surface area contributed by atoms with Gasteiger partial charge in [0.15, 0.2) is 0 Å². The minimum atomic E-state index is -1.05. The van der Waals surface area contributed by atoms with Crippen molar-refractivity contribution in [1.29, 1.82) is 0 Å². The molecule has 1 aliphatic carbocycles. The summed E-state index contributed by atoms with van der Waals surface area (Å²) in [4.78, 5) is 14.5. The average molecular weight is 343 g/mol. The van der Waals surface area contributed by atoms with Crippen molar-refractivity contribution >= 4 is 5.91 Å². The standard InChI is InChI=1S/C19H22FN3O2/c1-19(20)10-15(11-19)12-22-7-8-23-16(18(22)24)9-17(21-23)25-13-14-5-3-2-4-6-14/h2-6,9,15H,7-8,10-13H2,1H3. The molecule has 25 heavy (non-hydrogen) atoms. The predicted molar refractivity (Wildman–Crippen MR) is 91.1 cm³/mol. The molecule has 0 atom stereocenters. The molecule has 1 aromatic carbocycles. The molecule has 2 aliphatic rings. The number of carbonyl (C=O) groups excluding carboxylic acids is 1. The lowest BCUT2D eigenvalue weighted by molar-refractivity contribution is 0.00498. The van der Waals surface area contributed by atoms with Crippen LogP contribution in [0.25, 0.3) is 0 Å². The summed E-state index contributed by atoms with van der Waals surface area (Å²) >= 11 is 0. The van der Waals surface area contributed by atoms with Crippen LogP contribution < -0.4 is 4.74 Å². The van der Waals surface area contributed by atoms with Gasteiger partial charge in [-0.1, -0.05) is 30.3 Å². The van der Waals surface area contributed by atoms with Crippen LogP contribution in [-0.4, -0.2) is 39.3 Å². The zero-order valence-corrected chi connectivity index (χ0v) is 14.3. The van der Waals surface area contributed by atoms with E-state index in [0.717, 1.165) is 5.56 Å². The lowest BCUT2D eigenvalue weighted by atomic mass is 9.73. The first kappa shape index (κ1) is 16.1. The molecule has 1 amide bonds. The summed E-state index contributed by atoms with van der Waals surface area (Å²) in [5.74, 6) is 0.692. The third kappa shape index (κ3) is 3.38. The SMILES string of the molecule is CC1(F)CC(CN2CCn3nc(OCc4ccccc4)cc3C2=O)C1. The van der Waals surface area contributed by atoms with E-state index in [9.17, 15) is 9.18 Å². The van der Waals surface area contributed by atoms with Crippen molar-refractivity contribution in [3.05, 3.63) is 47.7 Å². The lowest BCUT2D eigenvalue weighted by Gasteiger charge is -2.41. The molecule has 4 rings (SSSR count). The van der Waals surface area contributed by atoms with Gasteiger partial charge in [0.1, 0.15) is 18.0 Å². The van der Waals surface area contributed by atoms with Crippen LogP contribution in [-0.2, 0) is 13.2 Å². The molecule has 132 valence electrons. The van der Waals surface area contributed by atoms with E-state index in [1.165, 1.54) is 0 Å². The Labute approximate surface area is 146 Å². The van der Waals surface area contributed by atoms with Crippen molar-refractivity contribution in [1.82, 2.24) is 14.7 Å². The van der Waals surface area contributed by atoms with Gasteiger partial charge in [-0.25, -0.2) is 4.39 Å². The van der Waals surface area contributed by atoms with Crippen LogP contribution in [0.15, 0.2) is 36.4 Å². The van der Waals surface area contributed by atoms with Crippen molar-refractivity contribution in [2.45, 2.75) is 38.6 Å². The van der Waals surface area contributed by atoms with E-state index in [1.54, 1.807) is 17.7 Å². The quantitative estimate of drug-likeness (QED) is 0.838. The fraction of sp³-hybridized carbons (Fsp3) is 0.474. The minimum Gasteiger partial charge on any atom is -0.472 e. The Balaban J connectivity index is 1.39. The van der Waals surface area contributed by atoms with Crippen LogP contribution in [0.5, 0.6) is 5.88 Å². The molecule has 1 fully saturated rings. The number of alkyl halides is 1.